The number of pyridine rings is 1. The van der Waals surface area contributed by atoms with E-state index < -0.39 is 11.9 Å². The minimum Gasteiger partial charge on any atom is -0.481 e. The van der Waals surface area contributed by atoms with E-state index >= 15 is 0 Å². The molecular weight excluding hydrogens is 236 g/mol. The van der Waals surface area contributed by atoms with E-state index in [1.54, 1.807) is 18.2 Å². The van der Waals surface area contributed by atoms with E-state index in [9.17, 15) is 9.59 Å². The number of hydrogen-bond acceptors (Lipinski definition) is 6. The Hall–Kier alpha value is -1.95. The molecule has 0 aliphatic heterocycles. The molecule has 0 saturated heterocycles. The monoisotopic (exact) mass is 252 g/mol. The van der Waals surface area contributed by atoms with Crippen LogP contribution in [0.1, 0.15) is 16.9 Å². The van der Waals surface area contributed by atoms with Crippen LogP contribution >= 0.6 is 0 Å². The van der Waals surface area contributed by atoms with Crippen molar-refractivity contribution in [2.24, 2.45) is 11.7 Å². The summed E-state index contributed by atoms with van der Waals surface area (Å²) in [5, 5.41) is 0. The van der Waals surface area contributed by atoms with Gasteiger partial charge in [-0.2, -0.15) is 0 Å². The molecule has 0 saturated carbocycles. The van der Waals surface area contributed by atoms with Gasteiger partial charge in [0.2, 0.25) is 5.88 Å². The lowest BCUT2D eigenvalue weighted by molar-refractivity contribution is -0.145. The van der Waals surface area contributed by atoms with Crippen molar-refractivity contribution >= 4 is 11.8 Å². The number of nitrogens with two attached hydrogens (primary N) is 1. The molecule has 1 aromatic heterocycles. The number of methoxy groups -OCH3 is 2. The number of ether oxygens (including phenoxy) is 2. The van der Waals surface area contributed by atoms with Crippen LogP contribution in [-0.2, 0) is 9.53 Å². The van der Waals surface area contributed by atoms with Crippen LogP contribution in [0.25, 0.3) is 0 Å². The lowest BCUT2D eigenvalue weighted by Gasteiger charge is -2.11. The summed E-state index contributed by atoms with van der Waals surface area (Å²) < 4.78 is 9.49. The van der Waals surface area contributed by atoms with Crippen LogP contribution in [0.5, 0.6) is 5.88 Å². The van der Waals surface area contributed by atoms with E-state index in [-0.39, 0.29) is 24.4 Å². The Kier molecular flexibility index (Phi) is 5.26. The summed E-state index contributed by atoms with van der Waals surface area (Å²) in [5.74, 6) is -1.05. The van der Waals surface area contributed by atoms with Crippen molar-refractivity contribution in [1.29, 1.82) is 0 Å². The van der Waals surface area contributed by atoms with Gasteiger partial charge in [0.25, 0.3) is 0 Å². The second-order valence-corrected chi connectivity index (χ2v) is 3.65. The molecule has 0 bridgehead atoms. The van der Waals surface area contributed by atoms with Gasteiger partial charge in [-0.25, -0.2) is 4.98 Å². The van der Waals surface area contributed by atoms with Gasteiger partial charge < -0.3 is 15.2 Å². The van der Waals surface area contributed by atoms with Gasteiger partial charge in [-0.15, -0.1) is 0 Å². The number of hydrogen-bond donors (Lipinski definition) is 1. The summed E-state index contributed by atoms with van der Waals surface area (Å²) in [5.41, 5.74) is 5.68. The van der Waals surface area contributed by atoms with Crippen LogP contribution in [-0.4, -0.2) is 37.5 Å². The molecule has 18 heavy (non-hydrogen) atoms. The summed E-state index contributed by atoms with van der Waals surface area (Å²) in [7, 11) is 2.73. The number of rotatable bonds is 6. The minimum absolute atomic E-state index is 0.0245. The molecule has 6 nitrogen and oxygen atoms in total. The first-order valence-corrected chi connectivity index (χ1v) is 5.44. The van der Waals surface area contributed by atoms with Crippen LogP contribution < -0.4 is 10.5 Å². The zero-order valence-electron chi connectivity index (χ0n) is 10.4. The fourth-order valence-corrected chi connectivity index (χ4v) is 1.44. The van der Waals surface area contributed by atoms with Gasteiger partial charge in [0.15, 0.2) is 5.78 Å². The van der Waals surface area contributed by atoms with Crippen LogP contribution in [0.15, 0.2) is 18.2 Å². The molecule has 0 radical (unpaired) electrons. The molecule has 1 aromatic rings. The van der Waals surface area contributed by atoms with Gasteiger partial charge in [-0.3, -0.25) is 9.59 Å². The van der Waals surface area contributed by atoms with Crippen LogP contribution in [0.4, 0.5) is 0 Å². The molecule has 1 atom stereocenters. The van der Waals surface area contributed by atoms with Crippen molar-refractivity contribution in [2.45, 2.75) is 6.42 Å². The number of carbonyl (C=O) groups excluding carboxylic acids is 2. The molecule has 0 amide bonds. The van der Waals surface area contributed by atoms with Gasteiger partial charge in [0.1, 0.15) is 5.69 Å². The highest BCUT2D eigenvalue weighted by Crippen LogP contribution is 2.12. The van der Waals surface area contributed by atoms with Gasteiger partial charge in [0.05, 0.1) is 20.1 Å². The van der Waals surface area contributed by atoms with Gasteiger partial charge >= 0.3 is 5.97 Å². The average Bonchev–Trinajstić information content (AvgIpc) is 2.43. The Balaban J connectivity index is 2.77. The lowest BCUT2D eigenvalue weighted by atomic mass is 10.0. The molecule has 0 spiro atoms. The molecule has 0 aliphatic carbocycles. The van der Waals surface area contributed by atoms with Gasteiger partial charge in [-0.1, -0.05) is 6.07 Å². The van der Waals surface area contributed by atoms with E-state index in [1.165, 1.54) is 14.2 Å². The zero-order chi connectivity index (χ0) is 13.5. The highest BCUT2D eigenvalue weighted by molar-refractivity contribution is 5.96. The van der Waals surface area contributed by atoms with Crippen molar-refractivity contribution in [3.63, 3.8) is 0 Å². The van der Waals surface area contributed by atoms with Crippen molar-refractivity contribution in [2.75, 3.05) is 20.8 Å². The summed E-state index contributed by atoms with van der Waals surface area (Å²) in [6.07, 6.45) is -0.0245. The van der Waals surface area contributed by atoms with Crippen molar-refractivity contribution in [3.05, 3.63) is 23.9 Å². The Morgan fingerprint density at radius 3 is 2.67 bits per heavy atom. The zero-order valence-corrected chi connectivity index (χ0v) is 10.4. The molecule has 0 aliphatic rings. The van der Waals surface area contributed by atoms with Crippen LogP contribution in [0.2, 0.25) is 0 Å². The number of ketones is 1. The largest absolute Gasteiger partial charge is 0.481 e. The standard InChI is InChI=1S/C12H16N2O4/c1-17-11-5-3-4-9(14-11)10(15)6-8(7-13)12(16)18-2/h3-5,8H,6-7,13H2,1-2H3. The van der Waals surface area contributed by atoms with E-state index in [2.05, 4.69) is 9.72 Å². The number of Topliss-reactive ketones (excluding diaryl/α,β-unsaturated/α-hetero) is 1. The molecule has 1 unspecified atom stereocenters. The summed E-state index contributed by atoms with van der Waals surface area (Å²) in [6.45, 7) is 0.0579. The second kappa shape index (κ2) is 6.70. The van der Waals surface area contributed by atoms with E-state index in [4.69, 9.17) is 10.5 Å². The molecule has 1 heterocycles. The first-order chi connectivity index (χ1) is 8.62. The molecule has 6 heteroatoms. The summed E-state index contributed by atoms with van der Waals surface area (Å²) in [4.78, 5) is 27.3. The number of aromatic nitrogens is 1. The highest BCUT2D eigenvalue weighted by Gasteiger charge is 2.22. The van der Waals surface area contributed by atoms with E-state index in [1.807, 2.05) is 0 Å². The maximum absolute atomic E-state index is 11.9. The maximum Gasteiger partial charge on any atom is 0.310 e. The molecular formula is C12H16N2O4. The van der Waals surface area contributed by atoms with Crippen LogP contribution in [0, 0.1) is 5.92 Å². The third-order valence-electron chi connectivity index (χ3n) is 2.47. The second-order valence-electron chi connectivity index (χ2n) is 3.65. The molecule has 1 rings (SSSR count). The topological polar surface area (TPSA) is 91.5 Å². The van der Waals surface area contributed by atoms with E-state index in [0.29, 0.717) is 5.88 Å². The van der Waals surface area contributed by atoms with Crippen molar-refractivity contribution in [1.82, 2.24) is 4.98 Å². The molecule has 98 valence electrons. The first kappa shape index (κ1) is 14.1. The third kappa shape index (κ3) is 3.53. The predicted octanol–water partition coefficient (Wildman–Crippen LogP) is 0.411. The first-order valence-electron chi connectivity index (χ1n) is 5.44. The Labute approximate surface area is 105 Å². The van der Waals surface area contributed by atoms with Gasteiger partial charge in [-0.05, 0) is 6.07 Å². The Morgan fingerprint density at radius 2 is 2.11 bits per heavy atom. The smallest absolute Gasteiger partial charge is 0.310 e. The lowest BCUT2D eigenvalue weighted by Crippen LogP contribution is -2.27. The SMILES string of the molecule is COC(=O)C(CN)CC(=O)c1cccc(OC)n1. The highest BCUT2D eigenvalue weighted by atomic mass is 16.5. The molecule has 0 aromatic carbocycles. The fraction of sp³-hybridized carbons (Fsp3) is 0.417. The minimum atomic E-state index is -0.643. The fourth-order valence-electron chi connectivity index (χ4n) is 1.44. The molecule has 2 N–H and O–H groups in total. The average molecular weight is 252 g/mol. The van der Waals surface area contributed by atoms with Crippen molar-refractivity contribution in [3.8, 4) is 5.88 Å². The summed E-state index contributed by atoms with van der Waals surface area (Å²) in [6, 6.07) is 4.86. The van der Waals surface area contributed by atoms with E-state index in [0.717, 1.165) is 0 Å². The predicted molar refractivity (Wildman–Crippen MR) is 64.3 cm³/mol. The third-order valence-corrected chi connectivity index (χ3v) is 2.47. The van der Waals surface area contributed by atoms with Crippen LogP contribution in [0.3, 0.4) is 0 Å². The van der Waals surface area contributed by atoms with Gasteiger partial charge in [0, 0.05) is 19.0 Å². The summed E-state index contributed by atoms with van der Waals surface area (Å²) >= 11 is 0. The number of carbonyl (C=O) groups is 2. The Morgan fingerprint density at radius 1 is 1.39 bits per heavy atom. The Bertz CT molecular complexity index is 434. The normalized spacial score (nSPS) is 11.7. The maximum atomic E-state index is 11.9. The molecule has 0 fully saturated rings. The quantitative estimate of drug-likeness (QED) is 0.582. The number of esters is 1. The van der Waals surface area contributed by atoms with Crippen molar-refractivity contribution < 1.29 is 19.1 Å². The number of nitrogens with zero attached hydrogens (tertiary/aromatic N) is 1.